The van der Waals surface area contributed by atoms with Crippen LogP contribution in [-0.2, 0) is 16.6 Å². The first kappa shape index (κ1) is 10.8. The molecular formula is C15H19NO. The molecule has 1 fully saturated rings. The van der Waals surface area contributed by atoms with Gasteiger partial charge in [-0.05, 0) is 41.9 Å². The Balaban J connectivity index is 2.02. The average molecular weight is 229 g/mol. The maximum atomic E-state index is 11.9. The molecule has 3 rings (SSSR count). The van der Waals surface area contributed by atoms with Crippen LogP contribution in [0.5, 0.6) is 0 Å². The topological polar surface area (TPSA) is 29.1 Å². The molecule has 2 nitrogen and oxygen atoms in total. The minimum atomic E-state index is -0.0521. The van der Waals surface area contributed by atoms with Crippen LogP contribution >= 0.6 is 0 Å². The number of amides is 1. The zero-order valence-corrected chi connectivity index (χ0v) is 10.8. The van der Waals surface area contributed by atoms with Gasteiger partial charge in [-0.15, -0.1) is 0 Å². The van der Waals surface area contributed by atoms with Gasteiger partial charge in [-0.1, -0.05) is 32.9 Å². The van der Waals surface area contributed by atoms with Gasteiger partial charge in [-0.2, -0.15) is 0 Å². The Bertz CT molecular complexity index is 492. The molecule has 0 unspecified atom stereocenters. The molecule has 0 aromatic heterocycles. The molecule has 1 spiro atoms. The Morgan fingerprint density at radius 2 is 1.94 bits per heavy atom. The molecule has 0 atom stereocenters. The molecule has 1 saturated carbocycles. The van der Waals surface area contributed by atoms with E-state index in [-0.39, 0.29) is 16.7 Å². The summed E-state index contributed by atoms with van der Waals surface area (Å²) in [5.74, 6) is 0.230. The van der Waals surface area contributed by atoms with E-state index in [0.29, 0.717) is 0 Å². The molecular weight excluding hydrogens is 210 g/mol. The number of anilines is 1. The molecule has 17 heavy (non-hydrogen) atoms. The quantitative estimate of drug-likeness (QED) is 0.727. The molecule has 0 radical (unpaired) electrons. The van der Waals surface area contributed by atoms with Crippen LogP contribution in [-0.4, -0.2) is 5.91 Å². The minimum absolute atomic E-state index is 0.0521. The lowest BCUT2D eigenvalue weighted by molar-refractivity contribution is -0.121. The van der Waals surface area contributed by atoms with E-state index in [1.165, 1.54) is 11.1 Å². The van der Waals surface area contributed by atoms with Crippen molar-refractivity contribution in [3.63, 3.8) is 0 Å². The predicted molar refractivity (Wildman–Crippen MR) is 69.1 cm³/mol. The first-order valence-electron chi connectivity index (χ1n) is 6.36. The zero-order chi connectivity index (χ0) is 12.3. The Hall–Kier alpha value is -1.31. The predicted octanol–water partition coefficient (Wildman–Crippen LogP) is 3.26. The molecule has 1 aliphatic carbocycles. The number of hydrogen-bond donors (Lipinski definition) is 1. The molecule has 90 valence electrons. The summed E-state index contributed by atoms with van der Waals surface area (Å²) in [5.41, 5.74) is 3.80. The molecule has 1 aliphatic heterocycles. The number of carbonyl (C=O) groups is 1. The van der Waals surface area contributed by atoms with Crippen molar-refractivity contribution in [1.82, 2.24) is 0 Å². The molecule has 1 heterocycles. The lowest BCUT2D eigenvalue weighted by atomic mass is 9.82. The van der Waals surface area contributed by atoms with E-state index in [1.807, 2.05) is 0 Å². The molecule has 1 aromatic carbocycles. The summed E-state index contributed by atoms with van der Waals surface area (Å²) in [4.78, 5) is 11.9. The summed E-state index contributed by atoms with van der Waals surface area (Å²) in [5, 5.41) is 3.05. The maximum Gasteiger partial charge on any atom is 0.230 e. The SMILES string of the molecule is CC(C)(C)c1ccc2c(c1)CC1(CC1)C(=O)N2. The summed E-state index contributed by atoms with van der Waals surface area (Å²) >= 11 is 0. The van der Waals surface area contributed by atoms with Crippen LogP contribution < -0.4 is 5.32 Å². The summed E-state index contributed by atoms with van der Waals surface area (Å²) in [6, 6.07) is 6.46. The molecule has 0 bridgehead atoms. The van der Waals surface area contributed by atoms with Crippen LogP contribution in [0.4, 0.5) is 5.69 Å². The van der Waals surface area contributed by atoms with Crippen molar-refractivity contribution in [2.45, 2.75) is 45.4 Å². The highest BCUT2D eigenvalue weighted by atomic mass is 16.2. The molecule has 2 heteroatoms. The first-order valence-corrected chi connectivity index (χ1v) is 6.36. The van der Waals surface area contributed by atoms with Crippen LogP contribution in [0.3, 0.4) is 0 Å². The van der Waals surface area contributed by atoms with E-state index in [0.717, 1.165) is 24.9 Å². The fraction of sp³-hybridized carbons (Fsp3) is 0.533. The second-order valence-electron chi connectivity index (χ2n) is 6.53. The third-order valence-corrected chi connectivity index (χ3v) is 4.08. The molecule has 1 N–H and O–H groups in total. The highest BCUT2D eigenvalue weighted by Gasteiger charge is 2.52. The Morgan fingerprint density at radius 1 is 1.24 bits per heavy atom. The highest BCUT2D eigenvalue weighted by Crippen LogP contribution is 2.52. The standard InChI is InChI=1S/C15H19NO/c1-14(2,3)11-4-5-12-10(8-11)9-15(6-7-15)13(17)16-12/h4-5,8H,6-7,9H2,1-3H3,(H,16,17). The summed E-state index contributed by atoms with van der Waals surface area (Å²) in [6.45, 7) is 6.68. The number of hydrogen-bond acceptors (Lipinski definition) is 1. The van der Waals surface area contributed by atoms with Crippen molar-refractivity contribution < 1.29 is 4.79 Å². The van der Waals surface area contributed by atoms with E-state index in [9.17, 15) is 4.79 Å². The maximum absolute atomic E-state index is 11.9. The summed E-state index contributed by atoms with van der Waals surface area (Å²) in [7, 11) is 0. The van der Waals surface area contributed by atoms with Gasteiger partial charge in [-0.3, -0.25) is 4.79 Å². The third kappa shape index (κ3) is 1.67. The van der Waals surface area contributed by atoms with Crippen LogP contribution in [0.1, 0.15) is 44.7 Å². The fourth-order valence-corrected chi connectivity index (χ4v) is 2.58. The molecule has 2 aliphatic rings. The lowest BCUT2D eigenvalue weighted by Gasteiger charge is -2.27. The van der Waals surface area contributed by atoms with E-state index in [1.54, 1.807) is 0 Å². The van der Waals surface area contributed by atoms with Gasteiger partial charge in [0.15, 0.2) is 0 Å². The summed E-state index contributed by atoms with van der Waals surface area (Å²) < 4.78 is 0. The normalized spacial score (nSPS) is 21.0. The zero-order valence-electron chi connectivity index (χ0n) is 10.8. The number of rotatable bonds is 0. The monoisotopic (exact) mass is 229 g/mol. The van der Waals surface area contributed by atoms with Crippen molar-refractivity contribution in [3.8, 4) is 0 Å². The van der Waals surface area contributed by atoms with Crippen LogP contribution in [0, 0.1) is 5.41 Å². The van der Waals surface area contributed by atoms with Gasteiger partial charge < -0.3 is 5.32 Å². The summed E-state index contributed by atoms with van der Waals surface area (Å²) in [6.07, 6.45) is 3.04. The van der Waals surface area contributed by atoms with Gasteiger partial charge in [0, 0.05) is 5.69 Å². The van der Waals surface area contributed by atoms with Gasteiger partial charge in [-0.25, -0.2) is 0 Å². The van der Waals surface area contributed by atoms with E-state index >= 15 is 0 Å². The smallest absolute Gasteiger partial charge is 0.230 e. The van der Waals surface area contributed by atoms with Crippen LogP contribution in [0.25, 0.3) is 0 Å². The fourth-order valence-electron chi connectivity index (χ4n) is 2.58. The molecule has 1 aromatic rings. The van der Waals surface area contributed by atoms with Crippen LogP contribution in [0.2, 0.25) is 0 Å². The van der Waals surface area contributed by atoms with E-state index < -0.39 is 0 Å². The highest BCUT2D eigenvalue weighted by molar-refractivity contribution is 6.00. The second-order valence-corrected chi connectivity index (χ2v) is 6.53. The Labute approximate surface area is 102 Å². The van der Waals surface area contributed by atoms with E-state index in [2.05, 4.69) is 44.3 Å². The number of nitrogens with one attached hydrogen (secondary N) is 1. The van der Waals surface area contributed by atoms with E-state index in [4.69, 9.17) is 0 Å². The van der Waals surface area contributed by atoms with Crippen molar-refractivity contribution in [1.29, 1.82) is 0 Å². The number of fused-ring (bicyclic) bond motifs is 1. The van der Waals surface area contributed by atoms with Crippen molar-refractivity contribution in [3.05, 3.63) is 29.3 Å². The largest absolute Gasteiger partial charge is 0.325 e. The number of carbonyl (C=O) groups excluding carboxylic acids is 1. The Kier molecular flexibility index (Phi) is 1.99. The minimum Gasteiger partial charge on any atom is -0.325 e. The third-order valence-electron chi connectivity index (χ3n) is 4.08. The van der Waals surface area contributed by atoms with Crippen molar-refractivity contribution in [2.75, 3.05) is 5.32 Å². The number of benzene rings is 1. The average Bonchev–Trinajstić information content (AvgIpc) is 2.99. The molecule has 0 saturated heterocycles. The first-order chi connectivity index (χ1) is 7.91. The van der Waals surface area contributed by atoms with Crippen molar-refractivity contribution >= 4 is 11.6 Å². The van der Waals surface area contributed by atoms with Gasteiger partial charge in [0.05, 0.1) is 5.41 Å². The Morgan fingerprint density at radius 3 is 2.53 bits per heavy atom. The van der Waals surface area contributed by atoms with Gasteiger partial charge >= 0.3 is 0 Å². The lowest BCUT2D eigenvalue weighted by Crippen LogP contribution is -2.31. The molecule has 1 amide bonds. The second kappa shape index (κ2) is 3.12. The van der Waals surface area contributed by atoms with Gasteiger partial charge in [0.1, 0.15) is 0 Å². The van der Waals surface area contributed by atoms with Gasteiger partial charge in [0.2, 0.25) is 5.91 Å². The van der Waals surface area contributed by atoms with Gasteiger partial charge in [0.25, 0.3) is 0 Å². The van der Waals surface area contributed by atoms with Crippen LogP contribution in [0.15, 0.2) is 18.2 Å². The van der Waals surface area contributed by atoms with Crippen molar-refractivity contribution in [2.24, 2.45) is 5.41 Å².